The normalized spacial score (nSPS) is 16.8. The Kier molecular flexibility index (Phi) is 8.00. The summed E-state index contributed by atoms with van der Waals surface area (Å²) in [7, 11) is -3.48. The standard InChI is InChI=1S/C32H32N2O5S/c1-3-26(27-8-4-5-9-29(27)40(2,37)38)32(23-14-11-22(12-15-23)13-18-31(35)36)24-16-17-28-25(20-24)21-33-34(28)30-10-6-7-19-39-30/h4-5,8-9,11-18,20-21,30H,3,6-7,10,19H2,1-2H3,(H,35,36). The van der Waals surface area contributed by atoms with E-state index in [1.54, 1.807) is 18.2 Å². The Morgan fingerprint density at radius 3 is 2.50 bits per heavy atom. The monoisotopic (exact) mass is 556 g/mol. The van der Waals surface area contributed by atoms with Gasteiger partial charge in [0.15, 0.2) is 16.1 Å². The molecule has 1 aliphatic heterocycles. The van der Waals surface area contributed by atoms with Crippen LogP contribution in [-0.2, 0) is 19.4 Å². The van der Waals surface area contributed by atoms with E-state index in [9.17, 15) is 13.2 Å². The van der Waals surface area contributed by atoms with Crippen LogP contribution in [0.1, 0.15) is 61.1 Å². The minimum absolute atomic E-state index is 0.0774. The van der Waals surface area contributed by atoms with Crippen LogP contribution < -0.4 is 0 Å². The lowest BCUT2D eigenvalue weighted by Crippen LogP contribution is -2.18. The number of hydrogen-bond donors (Lipinski definition) is 1. The number of sulfone groups is 1. The van der Waals surface area contributed by atoms with E-state index in [0.29, 0.717) is 12.0 Å². The van der Waals surface area contributed by atoms with Crippen molar-refractivity contribution >= 4 is 43.9 Å². The van der Waals surface area contributed by atoms with Crippen molar-refractivity contribution in [3.05, 3.63) is 101 Å². The number of allylic oxidation sites excluding steroid dienone is 1. The molecule has 1 atom stereocenters. The first-order valence-electron chi connectivity index (χ1n) is 13.4. The van der Waals surface area contributed by atoms with Crippen molar-refractivity contribution in [1.82, 2.24) is 9.78 Å². The van der Waals surface area contributed by atoms with Crippen LogP contribution in [-0.4, -0.2) is 42.1 Å². The fraction of sp³-hybridized carbons (Fsp3) is 0.250. The summed E-state index contributed by atoms with van der Waals surface area (Å²) in [6, 6.07) is 20.9. The van der Waals surface area contributed by atoms with Gasteiger partial charge in [-0.2, -0.15) is 5.10 Å². The van der Waals surface area contributed by atoms with E-state index in [-0.39, 0.29) is 11.1 Å². The highest BCUT2D eigenvalue weighted by Crippen LogP contribution is 2.38. The number of carboxylic acid groups (broad SMARTS) is 1. The van der Waals surface area contributed by atoms with E-state index >= 15 is 0 Å². The summed E-state index contributed by atoms with van der Waals surface area (Å²) < 4.78 is 33.5. The summed E-state index contributed by atoms with van der Waals surface area (Å²) in [4.78, 5) is 11.3. The summed E-state index contributed by atoms with van der Waals surface area (Å²) >= 11 is 0. The summed E-state index contributed by atoms with van der Waals surface area (Å²) in [6.07, 6.45) is 9.34. The second-order valence-corrected chi connectivity index (χ2v) is 11.9. The van der Waals surface area contributed by atoms with E-state index in [0.717, 1.165) is 70.7 Å². The SMILES string of the molecule is CCC(=C(c1ccc(C=CC(=O)O)cc1)c1ccc2c(cnn2C2CCCCO2)c1)c1ccccc1S(C)(=O)=O. The van der Waals surface area contributed by atoms with Crippen LogP contribution in [0.4, 0.5) is 0 Å². The molecule has 0 amide bonds. The number of fused-ring (bicyclic) bond motifs is 1. The number of rotatable bonds is 8. The number of hydrogen-bond acceptors (Lipinski definition) is 5. The molecule has 206 valence electrons. The molecule has 7 nitrogen and oxygen atoms in total. The molecule has 0 radical (unpaired) electrons. The zero-order valence-corrected chi connectivity index (χ0v) is 23.4. The van der Waals surface area contributed by atoms with Crippen LogP contribution in [0.2, 0.25) is 0 Å². The average molecular weight is 557 g/mol. The molecule has 0 bridgehead atoms. The molecule has 3 aromatic carbocycles. The molecule has 1 aromatic heterocycles. The second kappa shape index (κ2) is 11.6. The van der Waals surface area contributed by atoms with Crippen molar-refractivity contribution in [3.63, 3.8) is 0 Å². The Bertz CT molecular complexity index is 1710. The number of benzene rings is 3. The molecule has 0 aliphatic carbocycles. The van der Waals surface area contributed by atoms with E-state index in [1.807, 2.05) is 54.2 Å². The van der Waals surface area contributed by atoms with Crippen LogP contribution in [0, 0.1) is 0 Å². The first-order valence-corrected chi connectivity index (χ1v) is 15.3. The van der Waals surface area contributed by atoms with Crippen molar-refractivity contribution < 1.29 is 23.1 Å². The lowest BCUT2D eigenvalue weighted by molar-refractivity contribution is -0.131. The molecule has 1 unspecified atom stereocenters. The Labute approximate surface area is 234 Å². The highest BCUT2D eigenvalue weighted by atomic mass is 32.2. The Balaban J connectivity index is 1.70. The summed E-state index contributed by atoms with van der Waals surface area (Å²) in [5, 5.41) is 14.6. The second-order valence-electron chi connectivity index (χ2n) is 9.95. The van der Waals surface area contributed by atoms with Crippen molar-refractivity contribution in [2.24, 2.45) is 0 Å². The van der Waals surface area contributed by atoms with Gasteiger partial charge in [-0.05, 0) is 83.4 Å². The lowest BCUT2D eigenvalue weighted by atomic mass is 9.87. The lowest BCUT2D eigenvalue weighted by Gasteiger charge is -2.23. The molecule has 0 saturated carbocycles. The topological polar surface area (TPSA) is 98.5 Å². The molecular formula is C32H32N2O5S. The van der Waals surface area contributed by atoms with Crippen molar-refractivity contribution in [3.8, 4) is 0 Å². The molecule has 5 rings (SSSR count). The maximum Gasteiger partial charge on any atom is 0.328 e. The van der Waals surface area contributed by atoms with Gasteiger partial charge in [0.05, 0.1) is 16.6 Å². The number of aliphatic carboxylic acids is 1. The molecule has 0 spiro atoms. The third-order valence-corrected chi connectivity index (χ3v) is 8.35. The zero-order valence-electron chi connectivity index (χ0n) is 22.6. The van der Waals surface area contributed by atoms with Crippen LogP contribution in [0.5, 0.6) is 0 Å². The van der Waals surface area contributed by atoms with Gasteiger partial charge in [0.2, 0.25) is 0 Å². The number of ether oxygens (including phenoxy) is 1. The molecule has 1 saturated heterocycles. The molecule has 40 heavy (non-hydrogen) atoms. The number of carbonyl (C=O) groups is 1. The predicted octanol–water partition coefficient (Wildman–Crippen LogP) is 6.61. The summed E-state index contributed by atoms with van der Waals surface area (Å²) in [5.74, 6) is -1.01. The van der Waals surface area contributed by atoms with Gasteiger partial charge in [-0.15, -0.1) is 0 Å². The van der Waals surface area contributed by atoms with Crippen LogP contribution in [0.3, 0.4) is 0 Å². The molecular weight excluding hydrogens is 524 g/mol. The minimum atomic E-state index is -3.48. The van der Waals surface area contributed by atoms with Gasteiger partial charge >= 0.3 is 5.97 Å². The first-order chi connectivity index (χ1) is 19.3. The fourth-order valence-electron chi connectivity index (χ4n) is 5.34. The highest BCUT2D eigenvalue weighted by Gasteiger charge is 2.22. The Hall–Kier alpha value is -4.01. The van der Waals surface area contributed by atoms with E-state index in [2.05, 4.69) is 23.3 Å². The van der Waals surface area contributed by atoms with Crippen LogP contribution in [0.25, 0.3) is 28.1 Å². The zero-order chi connectivity index (χ0) is 28.3. The van der Waals surface area contributed by atoms with Crippen LogP contribution >= 0.6 is 0 Å². The van der Waals surface area contributed by atoms with E-state index in [4.69, 9.17) is 9.84 Å². The largest absolute Gasteiger partial charge is 0.478 e. The Morgan fingerprint density at radius 2 is 1.82 bits per heavy atom. The maximum atomic E-state index is 12.8. The van der Waals surface area contributed by atoms with Gasteiger partial charge < -0.3 is 9.84 Å². The Morgan fingerprint density at radius 1 is 1.07 bits per heavy atom. The van der Waals surface area contributed by atoms with Gasteiger partial charge in [-0.1, -0.05) is 55.5 Å². The summed E-state index contributed by atoms with van der Waals surface area (Å²) in [6.45, 7) is 2.75. The fourth-order valence-corrected chi connectivity index (χ4v) is 6.26. The number of carboxylic acids is 1. The number of aromatic nitrogens is 2. The summed E-state index contributed by atoms with van der Waals surface area (Å²) in [5.41, 5.74) is 6.06. The highest BCUT2D eigenvalue weighted by molar-refractivity contribution is 7.90. The third-order valence-electron chi connectivity index (χ3n) is 7.20. The molecule has 1 fully saturated rings. The van der Waals surface area contributed by atoms with Crippen molar-refractivity contribution in [1.29, 1.82) is 0 Å². The van der Waals surface area contributed by atoms with E-state index < -0.39 is 15.8 Å². The number of nitrogens with zero attached hydrogens (tertiary/aromatic N) is 2. The first kappa shape index (κ1) is 27.6. The molecule has 1 N–H and O–H groups in total. The van der Waals surface area contributed by atoms with Crippen molar-refractivity contribution in [2.75, 3.05) is 12.9 Å². The molecule has 8 heteroatoms. The van der Waals surface area contributed by atoms with Gasteiger partial charge in [0, 0.05) is 24.3 Å². The molecule has 1 aliphatic rings. The van der Waals surface area contributed by atoms with Gasteiger partial charge in [-0.25, -0.2) is 17.9 Å². The van der Waals surface area contributed by atoms with Crippen LogP contribution in [0.15, 0.2) is 83.9 Å². The molecule has 2 heterocycles. The smallest absolute Gasteiger partial charge is 0.328 e. The van der Waals surface area contributed by atoms with Gasteiger partial charge in [0.1, 0.15) is 0 Å². The minimum Gasteiger partial charge on any atom is -0.478 e. The quantitative estimate of drug-likeness (QED) is 0.194. The molecule has 4 aromatic rings. The third kappa shape index (κ3) is 5.78. The average Bonchev–Trinajstić information content (AvgIpc) is 3.38. The predicted molar refractivity (Wildman–Crippen MR) is 157 cm³/mol. The van der Waals surface area contributed by atoms with E-state index in [1.165, 1.54) is 6.26 Å². The van der Waals surface area contributed by atoms with Crippen molar-refractivity contribution in [2.45, 2.75) is 43.7 Å². The van der Waals surface area contributed by atoms with Gasteiger partial charge in [0.25, 0.3) is 0 Å². The van der Waals surface area contributed by atoms with Gasteiger partial charge in [-0.3, -0.25) is 0 Å². The maximum absolute atomic E-state index is 12.8.